The van der Waals surface area contributed by atoms with Gasteiger partial charge in [0.1, 0.15) is 5.92 Å². The number of unbranched alkanes of at least 4 members (excludes halogenated alkanes) is 2. The number of nitrogens with zero attached hydrogens (tertiary/aromatic N) is 1. The molecule has 0 saturated carbocycles. The van der Waals surface area contributed by atoms with Crippen LogP contribution in [0.5, 0.6) is 0 Å². The largest absolute Gasteiger partial charge is 0.465 e. The standard InChI is InChI=1S/C15H27NO3/c1-4-7-8-10-16-11-12(9-5-2)13(14(16)17)15(18)19-6-3/h12-13H,4-11H2,1-3H3/t12-,13+/m1/s1. The summed E-state index contributed by atoms with van der Waals surface area (Å²) in [6.07, 6.45) is 5.21. The summed E-state index contributed by atoms with van der Waals surface area (Å²) >= 11 is 0. The zero-order valence-corrected chi connectivity index (χ0v) is 12.5. The van der Waals surface area contributed by atoms with Crippen molar-refractivity contribution in [3.8, 4) is 0 Å². The summed E-state index contributed by atoms with van der Waals surface area (Å²) in [5.41, 5.74) is 0. The van der Waals surface area contributed by atoms with Gasteiger partial charge in [0.2, 0.25) is 5.91 Å². The van der Waals surface area contributed by atoms with E-state index in [4.69, 9.17) is 4.74 Å². The number of ether oxygens (including phenoxy) is 1. The molecule has 1 aliphatic rings. The van der Waals surface area contributed by atoms with Crippen LogP contribution >= 0.6 is 0 Å². The minimum atomic E-state index is -0.554. The monoisotopic (exact) mass is 269 g/mol. The van der Waals surface area contributed by atoms with Crippen LogP contribution in [-0.2, 0) is 14.3 Å². The fraction of sp³-hybridized carbons (Fsp3) is 0.867. The van der Waals surface area contributed by atoms with Crippen molar-refractivity contribution in [2.24, 2.45) is 11.8 Å². The molecule has 19 heavy (non-hydrogen) atoms. The number of esters is 1. The highest BCUT2D eigenvalue weighted by Gasteiger charge is 2.44. The molecule has 110 valence electrons. The summed E-state index contributed by atoms with van der Waals surface area (Å²) in [6, 6.07) is 0. The van der Waals surface area contributed by atoms with Gasteiger partial charge in [-0.2, -0.15) is 0 Å². The molecule has 1 fully saturated rings. The molecule has 0 unspecified atom stereocenters. The quantitative estimate of drug-likeness (QED) is 0.386. The van der Waals surface area contributed by atoms with E-state index < -0.39 is 5.92 Å². The van der Waals surface area contributed by atoms with Gasteiger partial charge in [-0.15, -0.1) is 0 Å². The Morgan fingerprint density at radius 1 is 1.26 bits per heavy atom. The lowest BCUT2D eigenvalue weighted by molar-refractivity contribution is -0.153. The topological polar surface area (TPSA) is 46.6 Å². The highest BCUT2D eigenvalue weighted by atomic mass is 16.5. The van der Waals surface area contributed by atoms with E-state index in [1.165, 1.54) is 0 Å². The van der Waals surface area contributed by atoms with Gasteiger partial charge in [-0.1, -0.05) is 33.1 Å². The molecule has 1 aliphatic heterocycles. The van der Waals surface area contributed by atoms with Crippen LogP contribution in [0.25, 0.3) is 0 Å². The molecule has 0 aromatic heterocycles. The first-order valence-corrected chi connectivity index (χ1v) is 7.61. The zero-order chi connectivity index (χ0) is 14.3. The lowest BCUT2D eigenvalue weighted by Crippen LogP contribution is -2.32. The molecule has 0 radical (unpaired) electrons. The van der Waals surface area contributed by atoms with Crippen molar-refractivity contribution < 1.29 is 14.3 Å². The maximum Gasteiger partial charge on any atom is 0.318 e. The highest BCUT2D eigenvalue weighted by molar-refractivity contribution is 5.99. The Balaban J connectivity index is 2.65. The molecule has 0 bridgehead atoms. The van der Waals surface area contributed by atoms with Crippen molar-refractivity contribution >= 4 is 11.9 Å². The first kappa shape index (κ1) is 16.0. The van der Waals surface area contributed by atoms with Crippen LogP contribution in [0.3, 0.4) is 0 Å². The van der Waals surface area contributed by atoms with Gasteiger partial charge in [-0.3, -0.25) is 9.59 Å². The summed E-state index contributed by atoms with van der Waals surface area (Å²) in [5.74, 6) is -0.767. The van der Waals surface area contributed by atoms with Crippen LogP contribution < -0.4 is 0 Å². The zero-order valence-electron chi connectivity index (χ0n) is 12.5. The fourth-order valence-corrected chi connectivity index (χ4v) is 2.78. The minimum absolute atomic E-state index is 0.0204. The molecule has 0 aromatic rings. The van der Waals surface area contributed by atoms with E-state index in [-0.39, 0.29) is 17.8 Å². The van der Waals surface area contributed by atoms with Crippen molar-refractivity contribution in [3.05, 3.63) is 0 Å². The normalized spacial score (nSPS) is 22.9. The van der Waals surface area contributed by atoms with E-state index in [1.54, 1.807) is 6.92 Å². The average molecular weight is 269 g/mol. The summed E-state index contributed by atoms with van der Waals surface area (Å²) in [4.78, 5) is 26.1. The molecular formula is C15H27NO3. The molecule has 1 saturated heterocycles. The van der Waals surface area contributed by atoms with E-state index in [0.717, 1.165) is 45.2 Å². The van der Waals surface area contributed by atoms with E-state index in [2.05, 4.69) is 13.8 Å². The maximum absolute atomic E-state index is 12.3. The van der Waals surface area contributed by atoms with E-state index in [1.807, 2.05) is 4.90 Å². The Morgan fingerprint density at radius 2 is 2.00 bits per heavy atom. The second-order valence-corrected chi connectivity index (χ2v) is 5.27. The second-order valence-electron chi connectivity index (χ2n) is 5.27. The molecule has 0 N–H and O–H groups in total. The molecule has 4 heteroatoms. The Hall–Kier alpha value is -1.06. The number of hydrogen-bond acceptors (Lipinski definition) is 3. The highest BCUT2D eigenvalue weighted by Crippen LogP contribution is 2.30. The molecule has 0 spiro atoms. The predicted octanol–water partition coefficient (Wildman–Crippen LogP) is 2.61. The van der Waals surface area contributed by atoms with Crippen LogP contribution in [-0.4, -0.2) is 36.5 Å². The third-order valence-corrected chi connectivity index (χ3v) is 3.74. The number of carbonyl (C=O) groups is 2. The van der Waals surface area contributed by atoms with Gasteiger partial charge in [0, 0.05) is 13.1 Å². The molecule has 1 amide bonds. The Labute approximate surface area is 116 Å². The lowest BCUT2D eigenvalue weighted by Gasteiger charge is -2.15. The third kappa shape index (κ3) is 4.22. The van der Waals surface area contributed by atoms with Gasteiger partial charge in [0.25, 0.3) is 0 Å². The SMILES string of the molecule is CCCCCN1C[C@@H](CCC)[C@H](C(=O)OCC)C1=O. The summed E-state index contributed by atoms with van der Waals surface area (Å²) in [6.45, 7) is 7.87. The number of amides is 1. The first-order chi connectivity index (χ1) is 9.15. The van der Waals surface area contributed by atoms with Crippen LogP contribution in [0, 0.1) is 11.8 Å². The first-order valence-electron chi connectivity index (χ1n) is 7.61. The van der Waals surface area contributed by atoms with E-state index >= 15 is 0 Å². The molecule has 1 rings (SSSR count). The van der Waals surface area contributed by atoms with Crippen LogP contribution in [0.15, 0.2) is 0 Å². The van der Waals surface area contributed by atoms with Gasteiger partial charge >= 0.3 is 5.97 Å². The van der Waals surface area contributed by atoms with Crippen LogP contribution in [0.4, 0.5) is 0 Å². The third-order valence-electron chi connectivity index (χ3n) is 3.74. The molecular weight excluding hydrogens is 242 g/mol. The van der Waals surface area contributed by atoms with Gasteiger partial charge in [0.15, 0.2) is 0 Å². The molecule has 0 aromatic carbocycles. The predicted molar refractivity (Wildman–Crippen MR) is 74.6 cm³/mol. The lowest BCUT2D eigenvalue weighted by atomic mass is 9.91. The number of hydrogen-bond donors (Lipinski definition) is 0. The Morgan fingerprint density at radius 3 is 2.58 bits per heavy atom. The van der Waals surface area contributed by atoms with Crippen molar-refractivity contribution in [1.82, 2.24) is 4.90 Å². The summed E-state index contributed by atoms with van der Waals surface area (Å²) < 4.78 is 5.06. The number of rotatable bonds is 8. The summed E-state index contributed by atoms with van der Waals surface area (Å²) in [7, 11) is 0. The second kappa shape index (κ2) is 8.18. The molecule has 2 atom stereocenters. The smallest absolute Gasteiger partial charge is 0.318 e. The van der Waals surface area contributed by atoms with Crippen molar-refractivity contribution in [1.29, 1.82) is 0 Å². The average Bonchev–Trinajstić information content (AvgIpc) is 2.67. The number of carbonyl (C=O) groups excluding carboxylic acids is 2. The molecule has 1 heterocycles. The van der Waals surface area contributed by atoms with Gasteiger partial charge in [-0.05, 0) is 25.7 Å². The van der Waals surface area contributed by atoms with Crippen LogP contribution in [0.2, 0.25) is 0 Å². The minimum Gasteiger partial charge on any atom is -0.465 e. The van der Waals surface area contributed by atoms with Gasteiger partial charge in [0.05, 0.1) is 6.61 Å². The van der Waals surface area contributed by atoms with Gasteiger partial charge < -0.3 is 9.64 Å². The van der Waals surface area contributed by atoms with Crippen molar-refractivity contribution in [2.75, 3.05) is 19.7 Å². The Bertz CT molecular complexity index is 304. The van der Waals surface area contributed by atoms with Crippen molar-refractivity contribution in [2.45, 2.75) is 52.9 Å². The molecule has 4 nitrogen and oxygen atoms in total. The maximum atomic E-state index is 12.3. The number of likely N-dealkylation sites (tertiary alicyclic amines) is 1. The summed E-state index contributed by atoms with van der Waals surface area (Å²) in [5, 5.41) is 0. The van der Waals surface area contributed by atoms with Crippen LogP contribution in [0.1, 0.15) is 52.9 Å². The van der Waals surface area contributed by atoms with Crippen molar-refractivity contribution in [3.63, 3.8) is 0 Å². The van der Waals surface area contributed by atoms with Gasteiger partial charge in [-0.25, -0.2) is 0 Å². The molecule has 0 aliphatic carbocycles. The fourth-order valence-electron chi connectivity index (χ4n) is 2.78. The van der Waals surface area contributed by atoms with E-state index in [9.17, 15) is 9.59 Å². The Kier molecular flexibility index (Phi) is 6.89. The van der Waals surface area contributed by atoms with E-state index in [0.29, 0.717) is 6.61 Å².